The van der Waals surface area contributed by atoms with Gasteiger partial charge in [0.05, 0.1) is 20.6 Å². The van der Waals surface area contributed by atoms with E-state index in [1.165, 1.54) is 42.0 Å². The van der Waals surface area contributed by atoms with Crippen molar-refractivity contribution in [3.8, 4) is 5.75 Å². The number of hydrogen-bond acceptors (Lipinski definition) is 11. The molecule has 4 aromatic rings. The lowest BCUT2D eigenvalue weighted by Gasteiger charge is -2.10. The lowest BCUT2D eigenvalue weighted by atomic mass is 10.3. The van der Waals surface area contributed by atoms with Crippen molar-refractivity contribution in [2.45, 2.75) is 60.5 Å². The number of esters is 1. The number of rotatable bonds is 10. The third kappa shape index (κ3) is 9.65. The highest BCUT2D eigenvalue weighted by atomic mass is 32.2. The number of amides is 1. The van der Waals surface area contributed by atoms with Crippen molar-refractivity contribution >= 4 is 51.9 Å². The number of thiazole rings is 1. The number of aryl methyl sites for hydroxylation is 2. The molecule has 0 radical (unpaired) electrons. The van der Waals surface area contributed by atoms with Crippen LogP contribution >= 0.6 is 34.9 Å². The highest BCUT2D eigenvalue weighted by Gasteiger charge is 2.19. The van der Waals surface area contributed by atoms with Gasteiger partial charge in [-0.3, -0.25) is 14.9 Å². The molecule has 1 amide bonds. The zero-order valence-corrected chi connectivity index (χ0v) is 26.1. The molecule has 0 saturated heterocycles. The molecule has 0 aliphatic rings. The number of nitrogens with zero attached hydrogens (tertiary/aromatic N) is 5. The summed E-state index contributed by atoms with van der Waals surface area (Å²) in [5, 5.41) is 12.5. The van der Waals surface area contributed by atoms with Gasteiger partial charge < -0.3 is 14.0 Å². The molecule has 0 aliphatic carbocycles. The molecule has 0 aliphatic heterocycles. The van der Waals surface area contributed by atoms with Crippen LogP contribution in [0.15, 0.2) is 68.9 Å². The Morgan fingerprint density at radius 1 is 1.02 bits per heavy atom. The molecule has 0 saturated carbocycles. The molecule has 1 N–H and O–H groups in total. The summed E-state index contributed by atoms with van der Waals surface area (Å²) in [6, 6.07) is 11.3. The van der Waals surface area contributed by atoms with Gasteiger partial charge in [-0.05, 0) is 54.6 Å². The molecular formula is C27H34N6O4S3. The van der Waals surface area contributed by atoms with Gasteiger partial charge in [-0.1, -0.05) is 39.5 Å². The van der Waals surface area contributed by atoms with Crippen LogP contribution in [-0.4, -0.2) is 50.8 Å². The second-order valence-electron chi connectivity index (χ2n) is 7.26. The molecule has 0 bridgehead atoms. The summed E-state index contributed by atoms with van der Waals surface area (Å²) < 4.78 is 11.7. The minimum atomic E-state index is -0.389. The third-order valence-electron chi connectivity index (χ3n) is 4.78. The van der Waals surface area contributed by atoms with Gasteiger partial charge in [0.1, 0.15) is 22.8 Å². The van der Waals surface area contributed by atoms with Crippen molar-refractivity contribution in [2.24, 2.45) is 7.05 Å². The first kappa shape index (κ1) is 32.8. The predicted molar refractivity (Wildman–Crippen MR) is 160 cm³/mol. The Kier molecular flexibility index (Phi) is 14.2. The van der Waals surface area contributed by atoms with E-state index in [2.05, 4.69) is 30.2 Å². The van der Waals surface area contributed by atoms with Gasteiger partial charge in [-0.2, -0.15) is 0 Å². The zero-order chi connectivity index (χ0) is 29.5. The fourth-order valence-corrected chi connectivity index (χ4v) is 5.37. The molecule has 0 unspecified atom stereocenters. The third-order valence-corrected chi connectivity index (χ3v) is 7.80. The Morgan fingerprint density at radius 3 is 2.38 bits per heavy atom. The molecule has 1 aromatic carbocycles. The fraction of sp³-hybridized carbons (Fsp3) is 0.333. The first-order chi connectivity index (χ1) is 19.4. The maximum atomic E-state index is 13.3. The van der Waals surface area contributed by atoms with E-state index >= 15 is 0 Å². The van der Waals surface area contributed by atoms with Gasteiger partial charge in [0, 0.05) is 27.9 Å². The smallest absolute Gasteiger partial charge is 0.305 e. The van der Waals surface area contributed by atoms with Gasteiger partial charge in [-0.25, -0.2) is 9.97 Å². The van der Waals surface area contributed by atoms with Crippen molar-refractivity contribution in [3.05, 3.63) is 59.5 Å². The van der Waals surface area contributed by atoms with E-state index in [0.717, 1.165) is 15.5 Å². The Labute approximate surface area is 247 Å². The lowest BCUT2D eigenvalue weighted by Crippen LogP contribution is -2.15. The van der Waals surface area contributed by atoms with Crippen LogP contribution in [0.5, 0.6) is 5.75 Å². The monoisotopic (exact) mass is 602 g/mol. The maximum absolute atomic E-state index is 13.3. The second kappa shape index (κ2) is 17.3. The number of hydrogen-bond donors (Lipinski definition) is 1. The summed E-state index contributed by atoms with van der Waals surface area (Å²) in [5.74, 6) is 0.0635. The van der Waals surface area contributed by atoms with Crippen LogP contribution in [0.1, 0.15) is 49.5 Å². The van der Waals surface area contributed by atoms with Gasteiger partial charge in [-0.15, -0.1) is 21.5 Å². The zero-order valence-electron chi connectivity index (χ0n) is 23.6. The number of pyridine rings is 1. The van der Waals surface area contributed by atoms with Gasteiger partial charge in [0.25, 0.3) is 5.91 Å². The summed E-state index contributed by atoms with van der Waals surface area (Å²) in [7, 11) is 4.80. The van der Waals surface area contributed by atoms with Crippen LogP contribution in [0.3, 0.4) is 0 Å². The van der Waals surface area contributed by atoms with Crippen molar-refractivity contribution in [1.82, 2.24) is 24.7 Å². The van der Waals surface area contributed by atoms with E-state index in [0.29, 0.717) is 26.6 Å². The molecule has 214 valence electrons. The number of carbonyl (C=O) groups excluding carboxylic acids is 2. The SMILES string of the molecule is CC.CC.COC(=O)CCc1cnc(NC(=O)c2nc(Sc3nncn3C)ccc2Sc2ccc(OC)cc2)s1. The van der Waals surface area contributed by atoms with E-state index in [1.807, 2.05) is 71.1 Å². The maximum Gasteiger partial charge on any atom is 0.305 e. The number of methoxy groups -OCH3 is 2. The van der Waals surface area contributed by atoms with Crippen LogP contribution in [0.2, 0.25) is 0 Å². The first-order valence-electron chi connectivity index (χ1n) is 12.6. The number of carbonyl (C=O) groups is 2. The average molecular weight is 603 g/mol. The summed E-state index contributed by atoms with van der Waals surface area (Å²) in [6.45, 7) is 8.00. The molecular weight excluding hydrogens is 569 g/mol. The highest BCUT2D eigenvalue weighted by molar-refractivity contribution is 7.99. The summed E-state index contributed by atoms with van der Waals surface area (Å²) in [4.78, 5) is 36.1. The standard InChI is InChI=1S/C23H22N6O4S3.2C2H6/c1-29-13-25-28-23(29)36-18-10-9-17(34-15-6-4-14(32-2)5-7-15)20(26-18)21(31)27-22-24-12-16(35-22)8-11-19(30)33-3;2*1-2/h4-7,9-10,12-13H,8,11H2,1-3H3,(H,24,27,31);2*1-2H3. The lowest BCUT2D eigenvalue weighted by molar-refractivity contribution is -0.140. The number of anilines is 1. The Morgan fingerprint density at radius 2 is 1.75 bits per heavy atom. The normalized spacial score (nSPS) is 9.97. The summed E-state index contributed by atoms with van der Waals surface area (Å²) >= 11 is 4.04. The molecule has 0 atom stereocenters. The summed E-state index contributed by atoms with van der Waals surface area (Å²) in [5.41, 5.74) is 0.259. The molecule has 4 rings (SSSR count). The van der Waals surface area contributed by atoms with E-state index in [1.54, 1.807) is 24.2 Å². The molecule has 10 nitrogen and oxygen atoms in total. The molecule has 0 spiro atoms. The minimum Gasteiger partial charge on any atom is -0.497 e. The van der Waals surface area contributed by atoms with Crippen LogP contribution in [0.25, 0.3) is 0 Å². The molecule has 3 aromatic heterocycles. The van der Waals surface area contributed by atoms with Crippen molar-refractivity contribution in [3.63, 3.8) is 0 Å². The van der Waals surface area contributed by atoms with Crippen LogP contribution < -0.4 is 10.1 Å². The first-order valence-corrected chi connectivity index (χ1v) is 15.1. The highest BCUT2D eigenvalue weighted by Crippen LogP contribution is 2.34. The van der Waals surface area contributed by atoms with Crippen molar-refractivity contribution in [2.75, 3.05) is 19.5 Å². The van der Waals surface area contributed by atoms with Crippen molar-refractivity contribution in [1.29, 1.82) is 0 Å². The Bertz CT molecular complexity index is 1360. The van der Waals surface area contributed by atoms with E-state index in [9.17, 15) is 9.59 Å². The number of benzene rings is 1. The Hall–Kier alpha value is -3.42. The van der Waals surface area contributed by atoms with Gasteiger partial charge >= 0.3 is 5.97 Å². The van der Waals surface area contributed by atoms with E-state index in [4.69, 9.17) is 4.74 Å². The Balaban J connectivity index is 0.00000134. The fourth-order valence-electron chi connectivity index (χ4n) is 2.92. The number of ether oxygens (including phenoxy) is 2. The topological polar surface area (TPSA) is 121 Å². The van der Waals surface area contributed by atoms with E-state index < -0.39 is 0 Å². The number of aromatic nitrogens is 5. The predicted octanol–water partition coefficient (Wildman–Crippen LogP) is 6.39. The average Bonchev–Trinajstić information content (AvgIpc) is 3.62. The molecule has 40 heavy (non-hydrogen) atoms. The minimum absolute atomic E-state index is 0.248. The molecule has 3 heterocycles. The van der Waals surface area contributed by atoms with Gasteiger partial charge in [0.2, 0.25) is 0 Å². The quantitative estimate of drug-likeness (QED) is 0.204. The van der Waals surface area contributed by atoms with Crippen LogP contribution in [0.4, 0.5) is 5.13 Å². The van der Waals surface area contributed by atoms with Crippen LogP contribution in [-0.2, 0) is 23.0 Å². The van der Waals surface area contributed by atoms with Crippen LogP contribution in [0, 0.1) is 0 Å². The number of nitrogens with one attached hydrogen (secondary N) is 1. The van der Waals surface area contributed by atoms with Crippen molar-refractivity contribution < 1.29 is 19.1 Å². The summed E-state index contributed by atoms with van der Waals surface area (Å²) in [6.07, 6.45) is 3.98. The molecule has 13 heteroatoms. The van der Waals surface area contributed by atoms with E-state index in [-0.39, 0.29) is 24.0 Å². The molecule has 0 fully saturated rings. The largest absolute Gasteiger partial charge is 0.497 e. The second-order valence-corrected chi connectivity index (χ2v) is 10.5. The van der Waals surface area contributed by atoms with Gasteiger partial charge in [0.15, 0.2) is 10.3 Å².